The number of benzene rings is 1. The Morgan fingerprint density at radius 2 is 2.07 bits per heavy atom. The SMILES string of the molecule is NS(=O)(=O)c1ccc(CCN[C@H]2CNC(=O)c3cc(-c4cccs4)nn32)cc1. The normalized spacial score (nSPS) is 16.6. The van der Waals surface area contributed by atoms with Gasteiger partial charge in [0.2, 0.25) is 10.0 Å². The Hall–Kier alpha value is -2.53. The number of sulfonamides is 1. The summed E-state index contributed by atoms with van der Waals surface area (Å²) in [5.41, 5.74) is 2.30. The van der Waals surface area contributed by atoms with Crippen molar-refractivity contribution in [1.29, 1.82) is 0 Å². The molecule has 10 heteroatoms. The summed E-state index contributed by atoms with van der Waals surface area (Å²) >= 11 is 1.58. The lowest BCUT2D eigenvalue weighted by Crippen LogP contribution is -2.45. The summed E-state index contributed by atoms with van der Waals surface area (Å²) in [6, 6.07) is 12.2. The number of amides is 1. The lowest BCUT2D eigenvalue weighted by Gasteiger charge is -2.25. The first-order chi connectivity index (χ1) is 13.4. The molecule has 1 amide bonds. The van der Waals surface area contributed by atoms with Crippen molar-refractivity contribution in [2.45, 2.75) is 17.5 Å². The van der Waals surface area contributed by atoms with Crippen LogP contribution < -0.4 is 15.8 Å². The number of fused-ring (bicyclic) bond motifs is 1. The third kappa shape index (κ3) is 3.85. The highest BCUT2D eigenvalue weighted by Gasteiger charge is 2.27. The van der Waals surface area contributed by atoms with Gasteiger partial charge < -0.3 is 5.32 Å². The Kier molecular flexibility index (Phi) is 5.02. The molecule has 1 aliphatic rings. The molecule has 3 aromatic rings. The molecule has 2 aromatic heterocycles. The quantitative estimate of drug-likeness (QED) is 0.559. The molecule has 0 bridgehead atoms. The second-order valence-electron chi connectivity index (χ2n) is 6.46. The zero-order valence-corrected chi connectivity index (χ0v) is 16.5. The number of hydrogen-bond donors (Lipinski definition) is 3. The molecular weight excluding hydrogens is 398 g/mol. The van der Waals surface area contributed by atoms with Crippen molar-refractivity contribution in [3.63, 3.8) is 0 Å². The van der Waals surface area contributed by atoms with Gasteiger partial charge >= 0.3 is 0 Å². The van der Waals surface area contributed by atoms with Crippen LogP contribution in [0.2, 0.25) is 0 Å². The van der Waals surface area contributed by atoms with E-state index in [1.165, 1.54) is 12.1 Å². The largest absolute Gasteiger partial charge is 0.347 e. The smallest absolute Gasteiger partial charge is 0.269 e. The van der Waals surface area contributed by atoms with E-state index in [1.54, 1.807) is 34.2 Å². The number of nitrogens with two attached hydrogens (primary N) is 1. The van der Waals surface area contributed by atoms with Crippen molar-refractivity contribution < 1.29 is 13.2 Å². The number of carbonyl (C=O) groups excluding carboxylic acids is 1. The summed E-state index contributed by atoms with van der Waals surface area (Å²) in [5, 5.41) is 18.0. The van der Waals surface area contributed by atoms with Gasteiger partial charge in [0.25, 0.3) is 5.91 Å². The number of aromatic nitrogens is 2. The maximum absolute atomic E-state index is 12.2. The average Bonchev–Trinajstić information content (AvgIpc) is 3.33. The van der Waals surface area contributed by atoms with Crippen molar-refractivity contribution in [2.75, 3.05) is 13.1 Å². The van der Waals surface area contributed by atoms with Crippen LogP contribution in [0.3, 0.4) is 0 Å². The van der Waals surface area contributed by atoms with Crippen molar-refractivity contribution in [1.82, 2.24) is 20.4 Å². The summed E-state index contributed by atoms with van der Waals surface area (Å²) in [5.74, 6) is -0.132. The van der Waals surface area contributed by atoms with Crippen LogP contribution in [-0.2, 0) is 16.4 Å². The topological polar surface area (TPSA) is 119 Å². The van der Waals surface area contributed by atoms with Gasteiger partial charge in [-0.2, -0.15) is 5.10 Å². The van der Waals surface area contributed by atoms with Crippen LogP contribution in [0.5, 0.6) is 0 Å². The van der Waals surface area contributed by atoms with Crippen LogP contribution in [0.1, 0.15) is 22.2 Å². The Bertz CT molecular complexity index is 1090. The van der Waals surface area contributed by atoms with E-state index in [0.717, 1.165) is 16.1 Å². The molecule has 1 atom stereocenters. The molecule has 4 rings (SSSR count). The Morgan fingerprint density at radius 3 is 2.75 bits per heavy atom. The third-order valence-electron chi connectivity index (χ3n) is 4.54. The fourth-order valence-electron chi connectivity index (χ4n) is 3.10. The van der Waals surface area contributed by atoms with E-state index >= 15 is 0 Å². The molecule has 0 saturated heterocycles. The molecule has 0 aliphatic carbocycles. The van der Waals surface area contributed by atoms with E-state index in [9.17, 15) is 13.2 Å². The number of carbonyl (C=O) groups is 1. The van der Waals surface area contributed by atoms with E-state index in [0.29, 0.717) is 25.2 Å². The van der Waals surface area contributed by atoms with Crippen LogP contribution in [0.15, 0.2) is 52.7 Å². The summed E-state index contributed by atoms with van der Waals surface area (Å²) in [6.07, 6.45) is 0.550. The zero-order chi connectivity index (χ0) is 19.7. The molecule has 146 valence electrons. The highest BCUT2D eigenvalue weighted by Crippen LogP contribution is 2.26. The van der Waals surface area contributed by atoms with Gasteiger partial charge in [-0.3, -0.25) is 10.1 Å². The van der Waals surface area contributed by atoms with Crippen LogP contribution >= 0.6 is 11.3 Å². The standard InChI is InChI=1S/C18H19N5O3S2/c19-28(25,26)13-5-3-12(4-6-13)7-8-20-17-11-21-18(24)15-10-14(22-23(15)17)16-2-1-9-27-16/h1-6,9-10,17,20H,7-8,11H2,(H,21,24)(H2,19,25,26)/t17-/m1/s1. The molecule has 0 unspecified atom stereocenters. The minimum absolute atomic E-state index is 0.0986. The van der Waals surface area contributed by atoms with E-state index in [1.807, 2.05) is 17.5 Å². The maximum atomic E-state index is 12.2. The first-order valence-electron chi connectivity index (χ1n) is 8.68. The molecular formula is C18H19N5O3S2. The average molecular weight is 418 g/mol. The molecule has 1 aliphatic heterocycles. The van der Waals surface area contributed by atoms with Gasteiger partial charge in [0, 0.05) is 6.54 Å². The molecule has 0 saturated carbocycles. The molecule has 0 radical (unpaired) electrons. The van der Waals surface area contributed by atoms with E-state index in [4.69, 9.17) is 5.14 Å². The van der Waals surface area contributed by atoms with Gasteiger partial charge in [0.15, 0.2) is 0 Å². The number of thiophene rings is 1. The molecule has 4 N–H and O–H groups in total. The third-order valence-corrected chi connectivity index (χ3v) is 6.36. The Morgan fingerprint density at radius 1 is 1.29 bits per heavy atom. The van der Waals surface area contributed by atoms with Gasteiger partial charge in [-0.1, -0.05) is 18.2 Å². The summed E-state index contributed by atoms with van der Waals surface area (Å²) in [7, 11) is -3.68. The molecule has 28 heavy (non-hydrogen) atoms. The predicted octanol–water partition coefficient (Wildman–Crippen LogP) is 1.33. The zero-order valence-electron chi connectivity index (χ0n) is 14.8. The van der Waals surface area contributed by atoms with Crippen LogP contribution in [0.25, 0.3) is 10.6 Å². The second kappa shape index (κ2) is 7.47. The van der Waals surface area contributed by atoms with E-state index in [2.05, 4.69) is 15.7 Å². The van der Waals surface area contributed by atoms with Gasteiger partial charge in [-0.05, 0) is 41.6 Å². The van der Waals surface area contributed by atoms with E-state index in [-0.39, 0.29) is 17.0 Å². The second-order valence-corrected chi connectivity index (χ2v) is 8.96. The lowest BCUT2D eigenvalue weighted by molar-refractivity contribution is 0.0900. The van der Waals surface area contributed by atoms with Crippen molar-refractivity contribution in [2.24, 2.45) is 5.14 Å². The molecule has 0 fully saturated rings. The summed E-state index contributed by atoms with van der Waals surface area (Å²) < 4.78 is 24.4. The summed E-state index contributed by atoms with van der Waals surface area (Å²) in [6.45, 7) is 1.09. The van der Waals surface area contributed by atoms with Crippen molar-refractivity contribution in [3.8, 4) is 10.6 Å². The highest BCUT2D eigenvalue weighted by molar-refractivity contribution is 7.89. The summed E-state index contributed by atoms with van der Waals surface area (Å²) in [4.78, 5) is 13.3. The van der Waals surface area contributed by atoms with Crippen LogP contribution in [0, 0.1) is 0 Å². The van der Waals surface area contributed by atoms with E-state index < -0.39 is 10.0 Å². The fourth-order valence-corrected chi connectivity index (χ4v) is 4.30. The van der Waals surface area contributed by atoms with Crippen molar-refractivity contribution in [3.05, 3.63) is 59.1 Å². The number of nitrogens with one attached hydrogen (secondary N) is 2. The van der Waals surface area contributed by atoms with Crippen LogP contribution in [-0.4, -0.2) is 37.2 Å². The van der Waals surface area contributed by atoms with Gasteiger partial charge in [-0.25, -0.2) is 18.2 Å². The molecule has 3 heterocycles. The van der Waals surface area contributed by atoms with Crippen molar-refractivity contribution >= 4 is 27.3 Å². The molecule has 0 spiro atoms. The minimum atomic E-state index is -3.68. The molecule has 1 aromatic carbocycles. The number of rotatable bonds is 6. The lowest BCUT2D eigenvalue weighted by atomic mass is 10.1. The number of nitrogens with zero attached hydrogens (tertiary/aromatic N) is 2. The fraction of sp³-hybridized carbons (Fsp3) is 0.222. The molecule has 8 nitrogen and oxygen atoms in total. The van der Waals surface area contributed by atoms with Crippen LogP contribution in [0.4, 0.5) is 0 Å². The van der Waals surface area contributed by atoms with Gasteiger partial charge in [0.1, 0.15) is 17.6 Å². The first-order valence-corrected chi connectivity index (χ1v) is 11.1. The Balaban J connectivity index is 1.44. The highest BCUT2D eigenvalue weighted by atomic mass is 32.2. The van der Waals surface area contributed by atoms with Gasteiger partial charge in [0.05, 0.1) is 16.3 Å². The first kappa shape index (κ1) is 18.8. The van der Waals surface area contributed by atoms with Gasteiger partial charge in [-0.15, -0.1) is 11.3 Å². The number of hydrogen-bond acceptors (Lipinski definition) is 6. The Labute approximate surface area is 166 Å². The predicted molar refractivity (Wildman–Crippen MR) is 106 cm³/mol. The maximum Gasteiger partial charge on any atom is 0.269 e. The minimum Gasteiger partial charge on any atom is -0.347 e. The number of primary sulfonamides is 1. The monoisotopic (exact) mass is 417 g/mol.